The van der Waals surface area contributed by atoms with Crippen molar-refractivity contribution in [3.8, 4) is 0 Å². The van der Waals surface area contributed by atoms with Gasteiger partial charge in [-0.15, -0.1) is 0 Å². The smallest absolute Gasteiger partial charge is 0.253 e. The molecule has 0 aromatic heterocycles. The molecule has 0 saturated heterocycles. The van der Waals surface area contributed by atoms with Gasteiger partial charge in [0.25, 0.3) is 5.91 Å². The average Bonchev–Trinajstić information content (AvgIpc) is 2.69. The monoisotopic (exact) mass is 349 g/mol. The van der Waals surface area contributed by atoms with E-state index < -0.39 is 0 Å². The molecule has 4 aliphatic rings. The number of fused-ring (bicyclic) bond motifs is 4. The highest BCUT2D eigenvalue weighted by molar-refractivity contribution is 6.12. The third-order valence-electron chi connectivity index (χ3n) is 6.77. The van der Waals surface area contributed by atoms with E-state index in [0.717, 1.165) is 43.7 Å². The van der Waals surface area contributed by atoms with Crippen LogP contribution in [0.4, 0.5) is 0 Å². The van der Waals surface area contributed by atoms with Gasteiger partial charge in [0, 0.05) is 11.8 Å². The van der Waals surface area contributed by atoms with Gasteiger partial charge in [0.1, 0.15) is 5.84 Å². The highest BCUT2D eigenvalue weighted by atomic mass is 16.2. The molecule has 1 aromatic carbocycles. The number of aliphatic imine (C=N–C) groups is 1. The number of nitrogens with zero attached hydrogens (tertiary/aromatic N) is 3. The minimum Gasteiger partial charge on any atom is -0.272 e. The Morgan fingerprint density at radius 3 is 2.31 bits per heavy atom. The van der Waals surface area contributed by atoms with Gasteiger partial charge in [-0.25, -0.2) is 0 Å². The number of hydrogen-bond acceptors (Lipinski definition) is 3. The summed E-state index contributed by atoms with van der Waals surface area (Å²) in [5, 5.41) is 6.65. The first-order valence-corrected chi connectivity index (χ1v) is 10.3. The van der Waals surface area contributed by atoms with Crippen molar-refractivity contribution in [3.05, 3.63) is 35.4 Å². The molecule has 2 aliphatic carbocycles. The molecule has 2 heterocycles. The summed E-state index contributed by atoms with van der Waals surface area (Å²) in [6, 6.07) is 8.84. The molecule has 0 N–H and O–H groups in total. The van der Waals surface area contributed by atoms with E-state index in [-0.39, 0.29) is 17.9 Å². The van der Waals surface area contributed by atoms with Gasteiger partial charge in [0.05, 0.1) is 17.7 Å². The lowest BCUT2D eigenvalue weighted by atomic mass is 9.72. The van der Waals surface area contributed by atoms with Crippen LogP contribution < -0.4 is 0 Å². The fourth-order valence-corrected chi connectivity index (χ4v) is 5.35. The Bertz CT molecular complexity index is 779. The second kappa shape index (κ2) is 6.33. The molecule has 0 radical (unpaired) electrons. The molecule has 26 heavy (non-hydrogen) atoms. The molecule has 0 bridgehead atoms. The summed E-state index contributed by atoms with van der Waals surface area (Å²) in [6.45, 7) is 2.11. The molecule has 2 fully saturated rings. The Labute approximate surface area is 155 Å². The second-order valence-corrected chi connectivity index (χ2v) is 8.44. The number of aryl methyl sites for hydroxylation is 1. The Kier molecular flexibility index (Phi) is 3.95. The summed E-state index contributed by atoms with van der Waals surface area (Å²) in [4.78, 5) is 18.4. The maximum atomic E-state index is 13.2. The Balaban J connectivity index is 1.60. The van der Waals surface area contributed by atoms with E-state index in [2.05, 4.69) is 31.2 Å². The fourth-order valence-electron chi connectivity index (χ4n) is 5.35. The van der Waals surface area contributed by atoms with Crippen molar-refractivity contribution in [3.63, 3.8) is 0 Å². The Hall–Kier alpha value is -1.97. The second-order valence-electron chi connectivity index (χ2n) is 8.44. The molecule has 136 valence electrons. The standard InChI is InChI=1S/C22H27N3O/c1-14-10-12-15(13-11-14)20-16-6-2-3-7-17(16)21-23-19-9-5-4-8-18(19)22(26)25(21)24-20/h10-13,16-19H,2-9H2,1H3/t16-,17+,18-,19+/m1/s1. The Morgan fingerprint density at radius 1 is 0.885 bits per heavy atom. The molecular weight excluding hydrogens is 322 g/mol. The third kappa shape index (κ3) is 2.53. The molecular formula is C22H27N3O. The van der Waals surface area contributed by atoms with Crippen molar-refractivity contribution >= 4 is 17.5 Å². The van der Waals surface area contributed by atoms with E-state index in [9.17, 15) is 4.79 Å². The van der Waals surface area contributed by atoms with Crippen LogP contribution in [0.1, 0.15) is 62.5 Å². The zero-order valence-corrected chi connectivity index (χ0v) is 15.5. The number of benzene rings is 1. The highest BCUT2D eigenvalue weighted by Gasteiger charge is 2.47. The van der Waals surface area contributed by atoms with Gasteiger partial charge in [-0.1, -0.05) is 55.5 Å². The predicted octanol–water partition coefficient (Wildman–Crippen LogP) is 4.32. The molecule has 0 unspecified atom stereocenters. The van der Waals surface area contributed by atoms with E-state index in [0.29, 0.717) is 11.8 Å². The first-order valence-electron chi connectivity index (χ1n) is 10.3. The maximum absolute atomic E-state index is 13.2. The van der Waals surface area contributed by atoms with Crippen LogP contribution in [0.3, 0.4) is 0 Å². The van der Waals surface area contributed by atoms with Gasteiger partial charge in [-0.2, -0.15) is 10.1 Å². The number of hydrogen-bond donors (Lipinski definition) is 0. The summed E-state index contributed by atoms with van der Waals surface area (Å²) in [6.07, 6.45) is 9.17. The van der Waals surface area contributed by atoms with E-state index in [1.807, 2.05) is 0 Å². The largest absolute Gasteiger partial charge is 0.272 e. The quantitative estimate of drug-likeness (QED) is 0.745. The third-order valence-corrected chi connectivity index (χ3v) is 6.77. The van der Waals surface area contributed by atoms with Crippen molar-refractivity contribution in [1.82, 2.24) is 5.01 Å². The van der Waals surface area contributed by atoms with Crippen LogP contribution in [0.25, 0.3) is 0 Å². The molecule has 4 nitrogen and oxygen atoms in total. The number of carbonyl (C=O) groups is 1. The number of amidine groups is 1. The minimum absolute atomic E-state index is 0.0515. The van der Waals surface area contributed by atoms with Gasteiger partial charge in [0.2, 0.25) is 0 Å². The minimum atomic E-state index is 0.0515. The molecule has 2 saturated carbocycles. The van der Waals surface area contributed by atoms with Gasteiger partial charge >= 0.3 is 0 Å². The van der Waals surface area contributed by atoms with Crippen molar-refractivity contribution in [2.24, 2.45) is 27.8 Å². The van der Waals surface area contributed by atoms with Crippen LogP contribution in [0, 0.1) is 24.7 Å². The molecule has 4 atom stereocenters. The summed E-state index contributed by atoms with van der Waals surface area (Å²) >= 11 is 0. The van der Waals surface area contributed by atoms with Crippen LogP contribution in [-0.4, -0.2) is 28.5 Å². The average molecular weight is 349 g/mol. The lowest BCUT2D eigenvalue weighted by molar-refractivity contribution is -0.134. The first kappa shape index (κ1) is 16.2. The zero-order chi connectivity index (χ0) is 17.7. The topological polar surface area (TPSA) is 45.0 Å². The molecule has 2 aliphatic heterocycles. The predicted molar refractivity (Wildman–Crippen MR) is 103 cm³/mol. The number of carbonyl (C=O) groups excluding carboxylic acids is 1. The zero-order valence-electron chi connectivity index (χ0n) is 15.5. The normalized spacial score (nSPS) is 33.6. The maximum Gasteiger partial charge on any atom is 0.253 e. The number of hydrazone groups is 1. The van der Waals surface area contributed by atoms with Gasteiger partial charge in [0.15, 0.2) is 0 Å². The van der Waals surface area contributed by atoms with Crippen LogP contribution in [-0.2, 0) is 4.79 Å². The molecule has 4 heteroatoms. The SMILES string of the molecule is Cc1ccc(C2=NN3C(=O)[C@@H]4CCCC[C@@H]4N=C3[C@H]3CCCC[C@@H]23)cc1. The van der Waals surface area contributed by atoms with E-state index in [1.165, 1.54) is 30.4 Å². The number of amides is 1. The van der Waals surface area contributed by atoms with Crippen LogP contribution >= 0.6 is 0 Å². The van der Waals surface area contributed by atoms with Crippen molar-refractivity contribution in [2.75, 3.05) is 0 Å². The molecule has 5 rings (SSSR count). The van der Waals surface area contributed by atoms with Gasteiger partial charge < -0.3 is 0 Å². The number of rotatable bonds is 1. The summed E-state index contributed by atoms with van der Waals surface area (Å²) in [7, 11) is 0. The van der Waals surface area contributed by atoms with E-state index in [1.54, 1.807) is 5.01 Å². The van der Waals surface area contributed by atoms with Gasteiger partial charge in [-0.3, -0.25) is 9.79 Å². The fraction of sp³-hybridized carbons (Fsp3) is 0.591. The van der Waals surface area contributed by atoms with E-state index >= 15 is 0 Å². The van der Waals surface area contributed by atoms with Crippen LogP contribution in [0.5, 0.6) is 0 Å². The lowest BCUT2D eigenvalue weighted by Gasteiger charge is -2.45. The molecule has 0 spiro atoms. The Morgan fingerprint density at radius 2 is 1.54 bits per heavy atom. The van der Waals surface area contributed by atoms with Crippen molar-refractivity contribution < 1.29 is 4.79 Å². The van der Waals surface area contributed by atoms with Gasteiger partial charge in [-0.05, 0) is 38.2 Å². The van der Waals surface area contributed by atoms with Crippen LogP contribution in [0.2, 0.25) is 0 Å². The summed E-state index contributed by atoms with van der Waals surface area (Å²) in [5.74, 6) is 2.02. The summed E-state index contributed by atoms with van der Waals surface area (Å²) in [5.41, 5.74) is 3.54. The summed E-state index contributed by atoms with van der Waals surface area (Å²) < 4.78 is 0. The van der Waals surface area contributed by atoms with Crippen molar-refractivity contribution in [2.45, 2.75) is 64.3 Å². The highest BCUT2D eigenvalue weighted by Crippen LogP contribution is 2.42. The first-order chi connectivity index (χ1) is 12.7. The molecule has 1 aromatic rings. The van der Waals surface area contributed by atoms with Crippen molar-refractivity contribution in [1.29, 1.82) is 0 Å². The van der Waals surface area contributed by atoms with Crippen LogP contribution in [0.15, 0.2) is 34.4 Å². The van der Waals surface area contributed by atoms with E-state index in [4.69, 9.17) is 10.1 Å². The molecule has 1 amide bonds. The lowest BCUT2D eigenvalue weighted by Crippen LogP contribution is -2.55.